The molecule has 174 valence electrons. The minimum atomic E-state index is -1.42. The van der Waals surface area contributed by atoms with Crippen molar-refractivity contribution < 1.29 is 14.5 Å². The topological polar surface area (TPSA) is 93.5 Å². The summed E-state index contributed by atoms with van der Waals surface area (Å²) in [5.74, 6) is -0.254. The van der Waals surface area contributed by atoms with Crippen LogP contribution in [0.25, 0.3) is 0 Å². The maximum absolute atomic E-state index is 13.1. The third-order valence-electron chi connectivity index (χ3n) is 6.82. The second-order valence-electron chi connectivity index (χ2n) is 8.96. The first-order valence-electron chi connectivity index (χ1n) is 11.1. The molecule has 1 fully saturated rings. The van der Waals surface area contributed by atoms with Gasteiger partial charge in [-0.15, -0.1) is 0 Å². The molecule has 8 heteroatoms. The number of halogens is 1. The highest BCUT2D eigenvalue weighted by Gasteiger charge is 2.67. The van der Waals surface area contributed by atoms with Crippen LogP contribution in [0, 0.1) is 17.0 Å². The Kier molecular flexibility index (Phi) is 5.65. The molecule has 0 aliphatic carbocycles. The summed E-state index contributed by atoms with van der Waals surface area (Å²) < 4.78 is 6.69. The summed E-state index contributed by atoms with van der Waals surface area (Å²) in [6.45, 7) is 4.34. The largest absolute Gasteiger partial charge is 0.488 e. The first-order valence-corrected chi connectivity index (χ1v) is 11.9. The number of hydrogen-bond donors (Lipinski definition) is 2. The first-order chi connectivity index (χ1) is 16.3. The van der Waals surface area contributed by atoms with E-state index in [1.165, 1.54) is 5.56 Å². The van der Waals surface area contributed by atoms with E-state index in [0.717, 1.165) is 11.1 Å². The van der Waals surface area contributed by atoms with E-state index in [4.69, 9.17) is 4.74 Å². The average Bonchev–Trinajstić information content (AvgIpc) is 3.28. The lowest BCUT2D eigenvalue weighted by Gasteiger charge is -2.25. The van der Waals surface area contributed by atoms with Gasteiger partial charge < -0.3 is 10.1 Å². The number of carbonyl (C=O) groups is 1. The Hall–Kier alpha value is -3.23. The van der Waals surface area contributed by atoms with Crippen LogP contribution in [0.15, 0.2) is 71.2 Å². The molecule has 2 N–H and O–H groups in total. The van der Waals surface area contributed by atoms with E-state index in [9.17, 15) is 14.9 Å². The van der Waals surface area contributed by atoms with Crippen LogP contribution >= 0.6 is 15.9 Å². The maximum atomic E-state index is 13.1. The lowest BCUT2D eigenvalue weighted by Crippen LogP contribution is -2.54. The zero-order chi connectivity index (χ0) is 24.0. The monoisotopic (exact) mass is 521 g/mol. The van der Waals surface area contributed by atoms with Gasteiger partial charge in [0.2, 0.25) is 0 Å². The van der Waals surface area contributed by atoms with Crippen LogP contribution in [-0.2, 0) is 16.9 Å². The zero-order valence-corrected chi connectivity index (χ0v) is 20.3. The van der Waals surface area contributed by atoms with Crippen molar-refractivity contribution in [1.82, 2.24) is 5.32 Å². The molecule has 4 atom stereocenters. The Labute approximate surface area is 205 Å². The lowest BCUT2D eigenvalue weighted by atomic mass is 9.78. The number of nitro groups is 1. The van der Waals surface area contributed by atoms with Gasteiger partial charge in [-0.25, -0.2) is 0 Å². The molecule has 0 radical (unpaired) electrons. The summed E-state index contributed by atoms with van der Waals surface area (Å²) in [5.41, 5.74) is 2.82. The van der Waals surface area contributed by atoms with Crippen LogP contribution in [0.4, 0.5) is 5.69 Å². The molecule has 1 spiro atoms. The highest BCUT2D eigenvalue weighted by molar-refractivity contribution is 9.10. The minimum Gasteiger partial charge on any atom is -0.488 e. The molecular formula is C26H24BrN3O4. The van der Waals surface area contributed by atoms with Gasteiger partial charge in [0.15, 0.2) is 5.54 Å². The van der Waals surface area contributed by atoms with E-state index in [1.807, 2.05) is 62.4 Å². The molecule has 1 amide bonds. The first kappa shape index (κ1) is 22.6. The molecule has 2 aliphatic rings. The molecule has 34 heavy (non-hydrogen) atoms. The van der Waals surface area contributed by atoms with Crippen LogP contribution in [0.2, 0.25) is 0 Å². The van der Waals surface area contributed by atoms with Gasteiger partial charge in [-0.3, -0.25) is 20.2 Å². The molecule has 0 bridgehead atoms. The van der Waals surface area contributed by atoms with Crippen molar-refractivity contribution in [3.8, 4) is 5.75 Å². The number of aryl methyl sites for hydroxylation is 1. The van der Waals surface area contributed by atoms with E-state index in [-0.39, 0.29) is 16.9 Å². The molecule has 3 aromatic carbocycles. The molecule has 0 aromatic heterocycles. The van der Waals surface area contributed by atoms with E-state index >= 15 is 0 Å². The van der Waals surface area contributed by atoms with Gasteiger partial charge in [-0.2, -0.15) is 0 Å². The predicted molar refractivity (Wildman–Crippen MR) is 133 cm³/mol. The van der Waals surface area contributed by atoms with Gasteiger partial charge in [0.05, 0.1) is 10.4 Å². The van der Waals surface area contributed by atoms with Gasteiger partial charge in [-0.1, -0.05) is 54.1 Å². The number of amides is 1. The van der Waals surface area contributed by atoms with Crippen LogP contribution in [0.5, 0.6) is 5.75 Å². The SMILES string of the molecule is Cc1ccc(COc2ccc([C@@H]3[C@H](C)N[C@]4(C(=O)Nc5ccccc54)[C@@H]3[N+](=O)[O-])cc2Br)cc1. The Balaban J connectivity index is 1.46. The molecule has 0 unspecified atom stereocenters. The Morgan fingerprint density at radius 3 is 2.56 bits per heavy atom. The molecule has 2 heterocycles. The summed E-state index contributed by atoms with van der Waals surface area (Å²) in [6, 6.07) is 19.3. The summed E-state index contributed by atoms with van der Waals surface area (Å²) in [7, 11) is 0. The Morgan fingerprint density at radius 1 is 1.12 bits per heavy atom. The molecule has 0 saturated carbocycles. The minimum absolute atomic E-state index is 0.307. The highest BCUT2D eigenvalue weighted by Crippen LogP contribution is 2.50. The second kappa shape index (κ2) is 8.52. The fourth-order valence-electron chi connectivity index (χ4n) is 5.24. The van der Waals surface area contributed by atoms with Crippen LogP contribution in [0.3, 0.4) is 0 Å². The van der Waals surface area contributed by atoms with E-state index < -0.39 is 17.5 Å². The number of nitrogens with one attached hydrogen (secondary N) is 2. The van der Waals surface area contributed by atoms with Crippen molar-refractivity contribution in [2.45, 2.75) is 44.0 Å². The van der Waals surface area contributed by atoms with Gasteiger partial charge in [0, 0.05) is 22.2 Å². The highest BCUT2D eigenvalue weighted by atomic mass is 79.9. The van der Waals surface area contributed by atoms with Crippen molar-refractivity contribution in [3.05, 3.63) is 104 Å². The van der Waals surface area contributed by atoms with Crippen LogP contribution in [0.1, 0.15) is 35.1 Å². The number of fused-ring (bicyclic) bond motifs is 2. The molecule has 1 saturated heterocycles. The smallest absolute Gasteiger partial charge is 0.256 e. The fraction of sp³-hybridized carbons (Fsp3) is 0.269. The van der Waals surface area contributed by atoms with Crippen molar-refractivity contribution in [2.24, 2.45) is 0 Å². The second-order valence-corrected chi connectivity index (χ2v) is 9.82. The predicted octanol–water partition coefficient (Wildman–Crippen LogP) is 4.90. The average molecular weight is 522 g/mol. The van der Waals surface area contributed by atoms with Crippen LogP contribution in [-0.4, -0.2) is 22.9 Å². The number of benzene rings is 3. The number of carbonyl (C=O) groups excluding carboxylic acids is 1. The molecule has 2 aliphatic heterocycles. The van der Waals surface area contributed by atoms with Crippen LogP contribution < -0.4 is 15.4 Å². The number of anilines is 1. The van der Waals surface area contributed by atoms with Gasteiger partial charge >= 0.3 is 0 Å². The number of ether oxygens (including phenoxy) is 1. The Morgan fingerprint density at radius 2 is 1.85 bits per heavy atom. The van der Waals surface area contributed by atoms with Gasteiger partial charge in [-0.05, 0) is 59.1 Å². The van der Waals surface area contributed by atoms with Gasteiger partial charge in [0.25, 0.3) is 11.9 Å². The molecule has 5 rings (SSSR count). The normalized spacial score (nSPS) is 25.3. The maximum Gasteiger partial charge on any atom is 0.256 e. The third kappa shape index (κ3) is 3.58. The van der Waals surface area contributed by atoms with Gasteiger partial charge in [0.1, 0.15) is 12.4 Å². The quantitative estimate of drug-likeness (QED) is 0.367. The van der Waals surface area contributed by atoms with E-state index in [1.54, 1.807) is 18.2 Å². The number of nitrogens with zero attached hydrogens (tertiary/aromatic N) is 1. The molecule has 3 aromatic rings. The summed E-state index contributed by atoms with van der Waals surface area (Å²) >= 11 is 3.57. The Bertz CT molecular complexity index is 1280. The molecule has 7 nitrogen and oxygen atoms in total. The standard InChI is InChI=1S/C26H24BrN3O4/c1-15-7-9-17(10-8-15)14-34-22-12-11-18(13-20(22)27)23-16(2)29-26(24(23)30(32)33)19-5-3-4-6-21(19)28-25(26)31/h3-13,16,23-24,29H,14H2,1-2H3,(H,28,31)/t16-,23-,24+,26-/m0/s1. The van der Waals surface area contributed by atoms with Crippen molar-refractivity contribution in [3.63, 3.8) is 0 Å². The number of rotatable bonds is 5. The van der Waals surface area contributed by atoms with Crippen molar-refractivity contribution in [2.75, 3.05) is 5.32 Å². The number of hydrogen-bond acceptors (Lipinski definition) is 5. The number of para-hydroxylation sites is 1. The third-order valence-corrected chi connectivity index (χ3v) is 7.44. The fourth-order valence-corrected chi connectivity index (χ4v) is 5.75. The summed E-state index contributed by atoms with van der Waals surface area (Å²) in [4.78, 5) is 25.3. The zero-order valence-electron chi connectivity index (χ0n) is 18.7. The molecular weight excluding hydrogens is 498 g/mol. The van der Waals surface area contributed by atoms with Crippen molar-refractivity contribution >= 4 is 27.5 Å². The summed E-state index contributed by atoms with van der Waals surface area (Å²) in [5, 5.41) is 18.6. The van der Waals surface area contributed by atoms with Crippen molar-refractivity contribution in [1.29, 1.82) is 0 Å². The summed E-state index contributed by atoms with van der Waals surface area (Å²) in [6.07, 6.45) is 0. The lowest BCUT2D eigenvalue weighted by molar-refractivity contribution is -0.532. The van der Waals surface area contributed by atoms with E-state index in [2.05, 4.69) is 26.6 Å². The van der Waals surface area contributed by atoms with E-state index in [0.29, 0.717) is 28.1 Å².